The molecule has 0 bridgehead atoms. The van der Waals surface area contributed by atoms with E-state index >= 15 is 0 Å². The highest BCUT2D eigenvalue weighted by Gasteiger charge is 2.31. The van der Waals surface area contributed by atoms with Crippen molar-refractivity contribution in [1.29, 1.82) is 0 Å². The number of hydrogen-bond donors (Lipinski definition) is 8. The standard InChI is InChI=1S/C28H45N7O5/c1-17(2)24(35-25(36)20(31)10-5-7-13-29)27(38)33-22(12-6-8-14-30)26(37)34-23(28(39)40)15-18-16-32-21-11-4-3-9-19(18)21/h3-4,9,11,16-17,20,22-24,32H,5-8,10,12-15,29-31H2,1-2H3,(H,33,38)(H,34,37)(H,35,36)(H,39,40). The third kappa shape index (κ3) is 9.92. The summed E-state index contributed by atoms with van der Waals surface area (Å²) in [6, 6.07) is 3.54. The number of carboxylic acids is 1. The maximum atomic E-state index is 13.3. The van der Waals surface area contributed by atoms with Crippen molar-refractivity contribution in [2.24, 2.45) is 23.1 Å². The zero-order valence-corrected chi connectivity index (χ0v) is 23.4. The van der Waals surface area contributed by atoms with Gasteiger partial charge in [0.25, 0.3) is 0 Å². The zero-order valence-electron chi connectivity index (χ0n) is 23.4. The number of unbranched alkanes of at least 4 members (excludes halogenated alkanes) is 2. The molecule has 12 heteroatoms. The van der Waals surface area contributed by atoms with Crippen molar-refractivity contribution >= 4 is 34.6 Å². The molecular weight excluding hydrogens is 514 g/mol. The zero-order chi connectivity index (χ0) is 29.7. The van der Waals surface area contributed by atoms with Crippen LogP contribution in [0.3, 0.4) is 0 Å². The second-order valence-electron chi connectivity index (χ2n) is 10.4. The summed E-state index contributed by atoms with van der Waals surface area (Å²) in [6.07, 6.45) is 5.07. The molecule has 0 aliphatic rings. The smallest absolute Gasteiger partial charge is 0.326 e. The number of amides is 3. The van der Waals surface area contributed by atoms with E-state index in [4.69, 9.17) is 17.2 Å². The van der Waals surface area contributed by atoms with Crippen LogP contribution in [0.5, 0.6) is 0 Å². The normalized spacial score (nSPS) is 14.3. The summed E-state index contributed by atoms with van der Waals surface area (Å²) >= 11 is 0. The summed E-state index contributed by atoms with van der Waals surface area (Å²) in [5.41, 5.74) is 18.7. The van der Waals surface area contributed by atoms with Gasteiger partial charge in [-0.15, -0.1) is 0 Å². The number of rotatable bonds is 18. The number of aromatic nitrogens is 1. The lowest BCUT2D eigenvalue weighted by molar-refractivity contribution is -0.142. The molecule has 1 heterocycles. The second kappa shape index (κ2) is 16.6. The Hall–Kier alpha value is -3.48. The van der Waals surface area contributed by atoms with E-state index in [0.29, 0.717) is 38.8 Å². The van der Waals surface area contributed by atoms with Gasteiger partial charge in [0, 0.05) is 23.5 Å². The van der Waals surface area contributed by atoms with Crippen molar-refractivity contribution in [2.75, 3.05) is 13.1 Å². The SMILES string of the molecule is CC(C)C(NC(=O)C(N)CCCCN)C(=O)NC(CCCCN)C(=O)NC(Cc1c[nH]c2ccccc12)C(=O)O. The van der Waals surface area contributed by atoms with Crippen molar-refractivity contribution < 1.29 is 24.3 Å². The molecule has 4 unspecified atom stereocenters. The van der Waals surface area contributed by atoms with E-state index in [1.165, 1.54) is 0 Å². The number of carboxylic acid groups (broad SMARTS) is 1. The predicted octanol–water partition coefficient (Wildman–Crippen LogP) is 0.491. The monoisotopic (exact) mass is 559 g/mol. The number of carbonyl (C=O) groups is 4. The Morgan fingerprint density at radius 1 is 0.850 bits per heavy atom. The van der Waals surface area contributed by atoms with Crippen molar-refractivity contribution in [2.45, 2.75) is 83.0 Å². The van der Waals surface area contributed by atoms with E-state index in [9.17, 15) is 24.3 Å². The number of hydrogen-bond acceptors (Lipinski definition) is 7. The van der Waals surface area contributed by atoms with Gasteiger partial charge in [-0.1, -0.05) is 38.5 Å². The molecule has 0 radical (unpaired) electrons. The molecule has 0 saturated heterocycles. The average Bonchev–Trinajstić information content (AvgIpc) is 3.33. The third-order valence-corrected chi connectivity index (χ3v) is 6.85. The first kappa shape index (κ1) is 32.7. The molecule has 222 valence electrons. The maximum absolute atomic E-state index is 13.3. The van der Waals surface area contributed by atoms with Gasteiger partial charge in [-0.3, -0.25) is 14.4 Å². The average molecular weight is 560 g/mol. The van der Waals surface area contributed by atoms with Gasteiger partial charge in [0.2, 0.25) is 17.7 Å². The summed E-state index contributed by atoms with van der Waals surface area (Å²) < 4.78 is 0. The van der Waals surface area contributed by atoms with Crippen LogP contribution in [0, 0.1) is 5.92 Å². The summed E-state index contributed by atoms with van der Waals surface area (Å²) in [5.74, 6) is -3.11. The fourth-order valence-corrected chi connectivity index (χ4v) is 4.45. The predicted molar refractivity (Wildman–Crippen MR) is 154 cm³/mol. The van der Waals surface area contributed by atoms with E-state index in [1.54, 1.807) is 20.0 Å². The number of nitrogens with one attached hydrogen (secondary N) is 4. The highest BCUT2D eigenvalue weighted by molar-refractivity contribution is 5.94. The third-order valence-electron chi connectivity index (χ3n) is 6.85. The Bertz CT molecular complexity index is 1120. The van der Waals surface area contributed by atoms with E-state index in [0.717, 1.165) is 22.9 Å². The molecule has 4 atom stereocenters. The van der Waals surface area contributed by atoms with Crippen molar-refractivity contribution in [1.82, 2.24) is 20.9 Å². The van der Waals surface area contributed by atoms with Crippen LogP contribution in [0.1, 0.15) is 57.9 Å². The number of aliphatic carboxylic acids is 1. The molecule has 2 aromatic rings. The molecule has 2 rings (SSSR count). The molecule has 1 aromatic heterocycles. The van der Waals surface area contributed by atoms with Crippen molar-refractivity contribution in [3.05, 3.63) is 36.0 Å². The van der Waals surface area contributed by atoms with E-state index in [-0.39, 0.29) is 18.8 Å². The van der Waals surface area contributed by atoms with Crippen molar-refractivity contribution in [3.8, 4) is 0 Å². The molecule has 0 fully saturated rings. The lowest BCUT2D eigenvalue weighted by Gasteiger charge is -2.27. The van der Waals surface area contributed by atoms with Gasteiger partial charge >= 0.3 is 5.97 Å². The quantitative estimate of drug-likeness (QED) is 0.120. The molecule has 1 aromatic carbocycles. The molecule has 3 amide bonds. The van der Waals surface area contributed by atoms with E-state index < -0.39 is 47.9 Å². The van der Waals surface area contributed by atoms with Crippen molar-refractivity contribution in [3.63, 3.8) is 0 Å². The summed E-state index contributed by atoms with van der Waals surface area (Å²) in [6.45, 7) is 4.46. The fourth-order valence-electron chi connectivity index (χ4n) is 4.45. The van der Waals surface area contributed by atoms with E-state index in [1.807, 2.05) is 24.3 Å². The molecule has 40 heavy (non-hydrogen) atoms. The first-order valence-corrected chi connectivity index (χ1v) is 13.9. The van der Waals surface area contributed by atoms with Gasteiger partial charge in [-0.05, 0) is 62.7 Å². The maximum Gasteiger partial charge on any atom is 0.326 e. The second-order valence-corrected chi connectivity index (χ2v) is 10.4. The topological polar surface area (TPSA) is 218 Å². The summed E-state index contributed by atoms with van der Waals surface area (Å²) in [4.78, 5) is 54.4. The van der Waals surface area contributed by atoms with Crippen LogP contribution >= 0.6 is 0 Å². The Labute approximate surface area is 235 Å². The number of nitrogens with two attached hydrogens (primary N) is 3. The number of aromatic amines is 1. The Kier molecular flexibility index (Phi) is 13.6. The number of fused-ring (bicyclic) bond motifs is 1. The lowest BCUT2D eigenvalue weighted by Crippen LogP contribution is -2.58. The highest BCUT2D eigenvalue weighted by Crippen LogP contribution is 2.19. The van der Waals surface area contributed by atoms with Crippen LogP contribution < -0.4 is 33.2 Å². The summed E-state index contributed by atoms with van der Waals surface area (Å²) in [5, 5.41) is 18.8. The molecule has 0 aliphatic heterocycles. The van der Waals surface area contributed by atoms with Gasteiger partial charge in [-0.25, -0.2) is 4.79 Å². The van der Waals surface area contributed by atoms with Crippen LogP contribution in [0.15, 0.2) is 30.5 Å². The molecule has 12 nitrogen and oxygen atoms in total. The Morgan fingerprint density at radius 2 is 1.48 bits per heavy atom. The molecule has 0 saturated carbocycles. The lowest BCUT2D eigenvalue weighted by atomic mass is 10.00. The first-order valence-electron chi connectivity index (χ1n) is 13.9. The number of H-pyrrole nitrogens is 1. The minimum Gasteiger partial charge on any atom is -0.480 e. The minimum absolute atomic E-state index is 0.0568. The molecule has 11 N–H and O–H groups in total. The number of benzene rings is 1. The van der Waals surface area contributed by atoms with Gasteiger partial charge in [0.1, 0.15) is 18.1 Å². The Balaban J connectivity index is 2.13. The van der Waals surface area contributed by atoms with Crippen LogP contribution in [0.25, 0.3) is 10.9 Å². The van der Waals surface area contributed by atoms with Crippen LogP contribution in [-0.4, -0.2) is 71.0 Å². The van der Waals surface area contributed by atoms with Gasteiger partial charge < -0.3 is 43.2 Å². The van der Waals surface area contributed by atoms with Gasteiger partial charge in [0.15, 0.2) is 0 Å². The van der Waals surface area contributed by atoms with Crippen LogP contribution in [-0.2, 0) is 25.6 Å². The van der Waals surface area contributed by atoms with Crippen LogP contribution in [0.2, 0.25) is 0 Å². The number of para-hydroxylation sites is 1. The fraction of sp³-hybridized carbons (Fsp3) is 0.571. The minimum atomic E-state index is -1.22. The Morgan fingerprint density at radius 3 is 2.10 bits per heavy atom. The highest BCUT2D eigenvalue weighted by atomic mass is 16.4. The molecule has 0 aliphatic carbocycles. The first-order chi connectivity index (χ1) is 19.1. The van der Waals surface area contributed by atoms with Gasteiger partial charge in [-0.2, -0.15) is 0 Å². The number of carbonyl (C=O) groups excluding carboxylic acids is 3. The largest absolute Gasteiger partial charge is 0.480 e. The molecular formula is C28H45N7O5. The van der Waals surface area contributed by atoms with Gasteiger partial charge in [0.05, 0.1) is 6.04 Å². The summed E-state index contributed by atoms with van der Waals surface area (Å²) in [7, 11) is 0. The molecule has 0 spiro atoms. The van der Waals surface area contributed by atoms with E-state index in [2.05, 4.69) is 20.9 Å². The van der Waals surface area contributed by atoms with Crippen LogP contribution in [0.4, 0.5) is 0 Å².